The number of amides is 4. The highest BCUT2D eigenvalue weighted by molar-refractivity contribution is 5.95. The molecule has 0 aromatic carbocycles. The Hall–Kier alpha value is -2.88. The molecular formula is C29H42F3N5O5. The van der Waals surface area contributed by atoms with Crippen LogP contribution in [0.25, 0.3) is 0 Å². The Bertz CT molecular complexity index is 1160. The van der Waals surface area contributed by atoms with E-state index < -0.39 is 65.2 Å². The van der Waals surface area contributed by atoms with E-state index in [1.165, 1.54) is 4.90 Å². The molecule has 234 valence electrons. The van der Waals surface area contributed by atoms with Gasteiger partial charge in [0.2, 0.25) is 17.7 Å². The predicted molar refractivity (Wildman–Crippen MR) is 144 cm³/mol. The average molecular weight is 598 g/mol. The Kier molecular flexibility index (Phi) is 8.39. The van der Waals surface area contributed by atoms with Crippen LogP contribution in [0.3, 0.4) is 0 Å². The molecule has 4 aliphatic rings. The highest BCUT2D eigenvalue weighted by Crippen LogP contribution is 2.65. The maximum atomic E-state index is 14.0. The van der Waals surface area contributed by atoms with Crippen LogP contribution in [0.5, 0.6) is 0 Å². The number of alkyl halides is 3. The zero-order valence-corrected chi connectivity index (χ0v) is 25.1. The first-order chi connectivity index (χ1) is 19.3. The van der Waals surface area contributed by atoms with Crippen LogP contribution in [0.1, 0.15) is 80.1 Å². The zero-order chi connectivity index (χ0) is 31.4. The van der Waals surface area contributed by atoms with E-state index in [1.807, 2.05) is 39.1 Å². The first kappa shape index (κ1) is 32.0. The number of halogens is 3. The van der Waals surface area contributed by atoms with Crippen molar-refractivity contribution >= 4 is 23.6 Å². The van der Waals surface area contributed by atoms with Gasteiger partial charge >= 0.3 is 12.1 Å². The summed E-state index contributed by atoms with van der Waals surface area (Å²) in [6, 6.07) is -1.67. The smallest absolute Gasteiger partial charge is 0.370 e. The normalized spacial score (nSPS) is 32.4. The molecule has 0 radical (unpaired) electrons. The largest absolute Gasteiger partial charge is 0.471 e. The van der Waals surface area contributed by atoms with Crippen LogP contribution in [0.2, 0.25) is 0 Å². The van der Waals surface area contributed by atoms with E-state index in [-0.39, 0.29) is 42.5 Å². The monoisotopic (exact) mass is 597 g/mol. The molecule has 3 heterocycles. The fourth-order valence-corrected chi connectivity index (χ4v) is 7.26. The Morgan fingerprint density at radius 2 is 1.81 bits per heavy atom. The van der Waals surface area contributed by atoms with Crippen LogP contribution in [-0.4, -0.2) is 76.6 Å². The van der Waals surface area contributed by atoms with Crippen molar-refractivity contribution in [3.05, 3.63) is 0 Å². The lowest BCUT2D eigenvalue weighted by atomic mass is 9.91. The number of ether oxygens (including phenoxy) is 1. The minimum absolute atomic E-state index is 0.0791. The Morgan fingerprint density at radius 1 is 1.14 bits per heavy atom. The van der Waals surface area contributed by atoms with Gasteiger partial charge < -0.3 is 25.6 Å². The number of carbonyl (C=O) groups is 4. The number of nitrogens with zero attached hydrogens (tertiary/aromatic N) is 2. The molecular weight excluding hydrogens is 555 g/mol. The summed E-state index contributed by atoms with van der Waals surface area (Å²) in [4.78, 5) is 53.5. The highest BCUT2D eigenvalue weighted by atomic mass is 19.4. The van der Waals surface area contributed by atoms with Crippen molar-refractivity contribution in [2.45, 2.75) is 122 Å². The summed E-state index contributed by atoms with van der Waals surface area (Å²) in [5.41, 5.74) is -1.46. The molecule has 0 spiro atoms. The molecule has 42 heavy (non-hydrogen) atoms. The van der Waals surface area contributed by atoms with Gasteiger partial charge in [-0.25, -0.2) is 0 Å². The lowest BCUT2D eigenvalue weighted by Crippen LogP contribution is -2.61. The van der Waals surface area contributed by atoms with Gasteiger partial charge in [0.25, 0.3) is 0 Å². The maximum absolute atomic E-state index is 14.0. The van der Waals surface area contributed by atoms with E-state index in [0.717, 1.165) is 6.42 Å². The number of hydrogen-bond acceptors (Lipinski definition) is 6. The first-order valence-electron chi connectivity index (χ1n) is 14.7. The second-order valence-electron chi connectivity index (χ2n) is 14.2. The van der Waals surface area contributed by atoms with E-state index in [0.29, 0.717) is 19.3 Å². The fourth-order valence-electron chi connectivity index (χ4n) is 7.26. The summed E-state index contributed by atoms with van der Waals surface area (Å²) in [5.74, 6) is -4.71. The third kappa shape index (κ3) is 6.53. The van der Waals surface area contributed by atoms with Crippen molar-refractivity contribution in [2.24, 2.45) is 23.2 Å². The lowest BCUT2D eigenvalue weighted by Gasteiger charge is -2.37. The number of rotatable bonds is 7. The number of carbonyl (C=O) groups excluding carboxylic acids is 4. The fraction of sp³-hybridized carbons (Fsp3) is 0.828. The second kappa shape index (κ2) is 11.0. The number of likely N-dealkylation sites (tertiary alicyclic amines) is 1. The molecule has 4 amide bonds. The van der Waals surface area contributed by atoms with Gasteiger partial charge in [0.15, 0.2) is 0 Å². The molecule has 0 aromatic rings. The molecule has 4 rings (SSSR count). The van der Waals surface area contributed by atoms with Gasteiger partial charge in [0.1, 0.15) is 18.1 Å². The predicted octanol–water partition coefficient (Wildman–Crippen LogP) is 2.57. The molecule has 3 N–H and O–H groups in total. The quantitative estimate of drug-likeness (QED) is 0.412. The molecule has 1 unspecified atom stereocenters. The van der Waals surface area contributed by atoms with Gasteiger partial charge in [-0.3, -0.25) is 19.2 Å². The third-order valence-electron chi connectivity index (χ3n) is 9.51. The highest BCUT2D eigenvalue weighted by Gasteiger charge is 2.70. The summed E-state index contributed by atoms with van der Waals surface area (Å²) in [7, 11) is 0. The SMILES string of the molecule is CC1(C)C[C@@H](C[C@@H](C#N)NC(=O)[C@@H]2[C@@H]3[C@H](CN2C(=O)[C@@H](NC(=O)C(F)(F)F)C2CCCCC(C)(C)O2)C3(C)C)C(=O)N1. The molecule has 1 aliphatic carbocycles. The van der Waals surface area contributed by atoms with E-state index in [4.69, 9.17) is 4.74 Å². The maximum Gasteiger partial charge on any atom is 0.471 e. The first-order valence-corrected chi connectivity index (χ1v) is 14.7. The number of piperidine rings is 1. The number of nitrogens with one attached hydrogen (secondary N) is 3. The average Bonchev–Trinajstić information content (AvgIpc) is 3.11. The Morgan fingerprint density at radius 3 is 2.38 bits per heavy atom. The van der Waals surface area contributed by atoms with Crippen LogP contribution in [-0.2, 0) is 23.9 Å². The third-order valence-corrected chi connectivity index (χ3v) is 9.51. The summed E-state index contributed by atoms with van der Waals surface area (Å²) < 4.78 is 46.2. The summed E-state index contributed by atoms with van der Waals surface area (Å²) in [6.07, 6.45) is -3.42. The van der Waals surface area contributed by atoms with Crippen molar-refractivity contribution in [1.29, 1.82) is 5.26 Å². The van der Waals surface area contributed by atoms with Gasteiger partial charge in [0, 0.05) is 18.0 Å². The number of fused-ring (bicyclic) bond motifs is 1. The lowest BCUT2D eigenvalue weighted by molar-refractivity contribution is -0.178. The van der Waals surface area contributed by atoms with Crippen LogP contribution in [0, 0.1) is 34.5 Å². The van der Waals surface area contributed by atoms with Gasteiger partial charge in [-0.1, -0.05) is 26.7 Å². The molecule has 13 heteroatoms. The number of nitriles is 1. The van der Waals surface area contributed by atoms with Crippen LogP contribution in [0.15, 0.2) is 0 Å². The van der Waals surface area contributed by atoms with Crippen LogP contribution in [0.4, 0.5) is 13.2 Å². The van der Waals surface area contributed by atoms with Crippen molar-refractivity contribution in [2.75, 3.05) is 6.54 Å². The van der Waals surface area contributed by atoms with Gasteiger partial charge in [-0.2, -0.15) is 18.4 Å². The van der Waals surface area contributed by atoms with E-state index in [9.17, 15) is 37.6 Å². The van der Waals surface area contributed by atoms with Crippen molar-refractivity contribution in [1.82, 2.24) is 20.9 Å². The Balaban J connectivity index is 1.57. The minimum atomic E-state index is -5.22. The van der Waals surface area contributed by atoms with Crippen molar-refractivity contribution in [3.63, 3.8) is 0 Å². The molecule has 3 saturated heterocycles. The molecule has 1 saturated carbocycles. The second-order valence-corrected chi connectivity index (χ2v) is 14.2. The standard InChI is InChI=1S/C29H42F3N5O5/c1-26(2)12-15(22(38)36-26)11-16(13-33)34-23(39)21-19-17(28(19,5)6)14-37(21)24(40)20(35-25(41)29(30,31)32)18-9-7-8-10-27(3,4)42-18/h15-21H,7-12,14H2,1-6H3,(H,34,39)(H,35,41)(H,36,38)/t15-,16+,17+,18?,19+,20+,21+/m1/s1. The zero-order valence-electron chi connectivity index (χ0n) is 25.1. The molecule has 7 atom stereocenters. The van der Waals surface area contributed by atoms with Crippen molar-refractivity contribution in [3.8, 4) is 6.07 Å². The molecule has 10 nitrogen and oxygen atoms in total. The van der Waals surface area contributed by atoms with Gasteiger partial charge in [-0.05, 0) is 70.6 Å². The van der Waals surface area contributed by atoms with Crippen LogP contribution < -0.4 is 16.0 Å². The Labute approximate surface area is 244 Å². The van der Waals surface area contributed by atoms with Gasteiger partial charge in [0.05, 0.1) is 17.8 Å². The van der Waals surface area contributed by atoms with E-state index in [1.54, 1.807) is 13.8 Å². The molecule has 4 fully saturated rings. The topological polar surface area (TPSA) is 141 Å². The molecule has 3 aliphatic heterocycles. The van der Waals surface area contributed by atoms with Crippen molar-refractivity contribution < 1.29 is 37.1 Å². The summed E-state index contributed by atoms with van der Waals surface area (Å²) >= 11 is 0. The number of hydrogen-bond donors (Lipinski definition) is 3. The molecule has 0 bridgehead atoms. The summed E-state index contributed by atoms with van der Waals surface area (Å²) in [6.45, 7) is 11.4. The molecule has 0 aromatic heterocycles. The van der Waals surface area contributed by atoms with Gasteiger partial charge in [-0.15, -0.1) is 0 Å². The minimum Gasteiger partial charge on any atom is -0.370 e. The van der Waals surface area contributed by atoms with E-state index in [2.05, 4.69) is 10.6 Å². The summed E-state index contributed by atoms with van der Waals surface area (Å²) in [5, 5.41) is 17.3. The van der Waals surface area contributed by atoms with Crippen LogP contribution >= 0.6 is 0 Å². The van der Waals surface area contributed by atoms with E-state index >= 15 is 0 Å².